The number of carbonyl (C=O) groups is 1. The maximum Gasteiger partial charge on any atom is 0.310 e. The first-order valence-corrected chi connectivity index (χ1v) is 6.74. The molecule has 0 bridgehead atoms. The summed E-state index contributed by atoms with van der Waals surface area (Å²) < 4.78 is 19.3. The number of carboxylic acid groups (broad SMARTS) is 1. The molecule has 0 aliphatic carbocycles. The number of aliphatic carboxylic acids is 1. The van der Waals surface area contributed by atoms with Gasteiger partial charge >= 0.3 is 5.97 Å². The van der Waals surface area contributed by atoms with Gasteiger partial charge in [0.1, 0.15) is 6.61 Å². The molecule has 110 valence electrons. The van der Waals surface area contributed by atoms with Crippen LogP contribution in [-0.4, -0.2) is 11.1 Å². The minimum atomic E-state index is -0.996. The molecule has 0 aliphatic heterocycles. The molecule has 3 nitrogen and oxygen atoms in total. The molecule has 0 unspecified atom stereocenters. The maximum absolute atomic E-state index is 13.9. The Hall–Kier alpha value is -2.07. The van der Waals surface area contributed by atoms with E-state index in [2.05, 4.69) is 0 Å². The van der Waals surface area contributed by atoms with Gasteiger partial charge in [-0.05, 0) is 42.3 Å². The van der Waals surface area contributed by atoms with Gasteiger partial charge in [-0.1, -0.05) is 29.8 Å². The van der Waals surface area contributed by atoms with Crippen molar-refractivity contribution in [2.45, 2.75) is 19.4 Å². The average Bonchev–Trinajstić information content (AvgIpc) is 2.46. The second-order valence-electron chi connectivity index (χ2n) is 4.66. The van der Waals surface area contributed by atoms with E-state index >= 15 is 0 Å². The van der Waals surface area contributed by atoms with Crippen LogP contribution >= 0.6 is 11.6 Å². The van der Waals surface area contributed by atoms with Crippen LogP contribution in [0.1, 0.15) is 24.0 Å². The summed E-state index contributed by atoms with van der Waals surface area (Å²) in [6.45, 7) is 1.72. The zero-order valence-electron chi connectivity index (χ0n) is 11.3. The van der Waals surface area contributed by atoms with E-state index in [9.17, 15) is 9.18 Å². The first-order chi connectivity index (χ1) is 9.97. The molecule has 0 fully saturated rings. The predicted molar refractivity (Wildman–Crippen MR) is 78.2 cm³/mol. The van der Waals surface area contributed by atoms with E-state index in [0.29, 0.717) is 10.6 Å². The van der Waals surface area contributed by atoms with Gasteiger partial charge in [0.15, 0.2) is 11.6 Å². The molecule has 2 aromatic rings. The minimum absolute atomic E-state index is 0.0892. The molecule has 2 rings (SSSR count). The molecule has 0 saturated heterocycles. The second-order valence-corrected chi connectivity index (χ2v) is 5.10. The Kier molecular flexibility index (Phi) is 4.81. The van der Waals surface area contributed by atoms with Crippen molar-refractivity contribution in [1.29, 1.82) is 0 Å². The summed E-state index contributed by atoms with van der Waals surface area (Å²) in [6, 6.07) is 11.2. The molecule has 0 heterocycles. The standard InChI is InChI=1S/C16H14ClFO3/c1-10(16(19)20)12-4-7-15(14(18)8-12)21-9-11-2-5-13(17)6-3-11/h2-8,10H,9H2,1H3,(H,19,20)/t10-/m1/s1. The van der Waals surface area contributed by atoms with Crippen molar-refractivity contribution in [3.05, 3.63) is 64.4 Å². The SMILES string of the molecule is C[C@@H](C(=O)O)c1ccc(OCc2ccc(Cl)cc2)c(F)c1. The highest BCUT2D eigenvalue weighted by atomic mass is 35.5. The number of halogens is 2. The van der Waals surface area contributed by atoms with Crippen LogP contribution in [0.15, 0.2) is 42.5 Å². The number of carboxylic acids is 1. The van der Waals surface area contributed by atoms with E-state index in [4.69, 9.17) is 21.4 Å². The fourth-order valence-electron chi connectivity index (χ4n) is 1.79. The number of benzene rings is 2. The van der Waals surface area contributed by atoms with Crippen LogP contribution < -0.4 is 4.74 Å². The monoisotopic (exact) mass is 308 g/mol. The molecule has 0 amide bonds. The van der Waals surface area contributed by atoms with Gasteiger partial charge in [-0.15, -0.1) is 0 Å². The van der Waals surface area contributed by atoms with Gasteiger partial charge in [-0.3, -0.25) is 4.79 Å². The van der Waals surface area contributed by atoms with Crippen LogP contribution in [-0.2, 0) is 11.4 Å². The fourth-order valence-corrected chi connectivity index (χ4v) is 1.91. The molecular weight excluding hydrogens is 295 g/mol. The Bertz CT molecular complexity index is 640. The summed E-state index contributed by atoms with van der Waals surface area (Å²) in [7, 11) is 0. The molecule has 0 spiro atoms. The summed E-state index contributed by atoms with van der Waals surface area (Å²) >= 11 is 5.78. The van der Waals surface area contributed by atoms with Crippen molar-refractivity contribution >= 4 is 17.6 Å². The third-order valence-corrected chi connectivity index (χ3v) is 3.39. The zero-order valence-corrected chi connectivity index (χ0v) is 12.1. The molecule has 1 atom stereocenters. The third kappa shape index (κ3) is 3.95. The Morgan fingerprint density at radius 3 is 2.52 bits per heavy atom. The van der Waals surface area contributed by atoms with Crippen molar-refractivity contribution in [3.63, 3.8) is 0 Å². The van der Waals surface area contributed by atoms with Crippen molar-refractivity contribution < 1.29 is 19.0 Å². The normalized spacial score (nSPS) is 12.0. The topological polar surface area (TPSA) is 46.5 Å². The largest absolute Gasteiger partial charge is 0.486 e. The first kappa shape index (κ1) is 15.3. The van der Waals surface area contributed by atoms with Crippen molar-refractivity contribution in [2.75, 3.05) is 0 Å². The van der Waals surface area contributed by atoms with Crippen LogP contribution in [0.5, 0.6) is 5.75 Å². The van der Waals surface area contributed by atoms with E-state index in [-0.39, 0.29) is 12.4 Å². The predicted octanol–water partition coefficient (Wildman–Crippen LogP) is 4.25. The van der Waals surface area contributed by atoms with Gasteiger partial charge < -0.3 is 9.84 Å². The average molecular weight is 309 g/mol. The molecular formula is C16H14ClFO3. The highest BCUT2D eigenvalue weighted by molar-refractivity contribution is 6.30. The fraction of sp³-hybridized carbons (Fsp3) is 0.188. The molecule has 1 N–H and O–H groups in total. The zero-order chi connectivity index (χ0) is 15.4. The van der Waals surface area contributed by atoms with Gasteiger partial charge in [0.25, 0.3) is 0 Å². The van der Waals surface area contributed by atoms with Crippen LogP contribution in [0, 0.1) is 5.82 Å². The molecule has 5 heteroatoms. The lowest BCUT2D eigenvalue weighted by atomic mass is 10.0. The van der Waals surface area contributed by atoms with Crippen molar-refractivity contribution in [2.24, 2.45) is 0 Å². The number of rotatable bonds is 5. The van der Waals surface area contributed by atoms with Crippen molar-refractivity contribution in [3.8, 4) is 5.75 Å². The van der Waals surface area contributed by atoms with E-state index in [1.54, 1.807) is 30.3 Å². The summed E-state index contributed by atoms with van der Waals surface area (Å²) in [5.41, 5.74) is 1.26. The van der Waals surface area contributed by atoms with E-state index in [0.717, 1.165) is 5.56 Å². The molecule has 2 aromatic carbocycles. The summed E-state index contributed by atoms with van der Waals surface area (Å²) in [5.74, 6) is -2.24. The van der Waals surface area contributed by atoms with Gasteiger partial charge in [0.05, 0.1) is 5.92 Å². The third-order valence-electron chi connectivity index (χ3n) is 3.13. The summed E-state index contributed by atoms with van der Waals surface area (Å²) in [4.78, 5) is 10.9. The van der Waals surface area contributed by atoms with E-state index in [1.165, 1.54) is 19.1 Å². The lowest BCUT2D eigenvalue weighted by Crippen LogP contribution is -2.08. The Labute approximate surface area is 126 Å². The number of hydrogen-bond acceptors (Lipinski definition) is 2. The lowest BCUT2D eigenvalue weighted by molar-refractivity contribution is -0.138. The summed E-state index contributed by atoms with van der Waals surface area (Å²) in [5, 5.41) is 9.53. The number of ether oxygens (including phenoxy) is 1. The van der Waals surface area contributed by atoms with Crippen LogP contribution in [0.25, 0.3) is 0 Å². The Morgan fingerprint density at radius 1 is 1.29 bits per heavy atom. The van der Waals surface area contributed by atoms with Crippen LogP contribution in [0.3, 0.4) is 0 Å². The van der Waals surface area contributed by atoms with Gasteiger partial charge in [-0.25, -0.2) is 4.39 Å². The molecule has 21 heavy (non-hydrogen) atoms. The van der Waals surface area contributed by atoms with Crippen LogP contribution in [0.4, 0.5) is 4.39 Å². The van der Waals surface area contributed by atoms with Crippen LogP contribution in [0.2, 0.25) is 5.02 Å². The second kappa shape index (κ2) is 6.59. The van der Waals surface area contributed by atoms with E-state index < -0.39 is 17.7 Å². The minimum Gasteiger partial charge on any atom is -0.486 e. The van der Waals surface area contributed by atoms with Gasteiger partial charge in [-0.2, -0.15) is 0 Å². The molecule has 0 aliphatic rings. The van der Waals surface area contributed by atoms with Gasteiger partial charge in [0.2, 0.25) is 0 Å². The highest BCUT2D eigenvalue weighted by Gasteiger charge is 2.15. The quantitative estimate of drug-likeness (QED) is 0.898. The highest BCUT2D eigenvalue weighted by Crippen LogP contribution is 2.24. The number of hydrogen-bond donors (Lipinski definition) is 1. The maximum atomic E-state index is 13.9. The first-order valence-electron chi connectivity index (χ1n) is 6.37. The molecule has 0 saturated carbocycles. The van der Waals surface area contributed by atoms with E-state index in [1.807, 2.05) is 0 Å². The Balaban J connectivity index is 2.07. The van der Waals surface area contributed by atoms with Gasteiger partial charge in [0, 0.05) is 5.02 Å². The van der Waals surface area contributed by atoms with Crippen molar-refractivity contribution in [1.82, 2.24) is 0 Å². The lowest BCUT2D eigenvalue weighted by Gasteiger charge is -2.11. The Morgan fingerprint density at radius 2 is 1.95 bits per heavy atom. The summed E-state index contributed by atoms with van der Waals surface area (Å²) in [6.07, 6.45) is 0. The molecule has 0 radical (unpaired) electrons. The smallest absolute Gasteiger partial charge is 0.310 e. The molecule has 0 aromatic heterocycles.